The van der Waals surface area contributed by atoms with E-state index in [2.05, 4.69) is 4.74 Å². The van der Waals surface area contributed by atoms with Crippen molar-refractivity contribution >= 4 is 17.7 Å². The Labute approximate surface area is 101 Å². The van der Waals surface area contributed by atoms with Crippen LogP contribution in [-0.2, 0) is 9.53 Å². The summed E-state index contributed by atoms with van der Waals surface area (Å²) in [7, 11) is 5.14. The van der Waals surface area contributed by atoms with E-state index < -0.39 is 5.97 Å². The zero-order chi connectivity index (χ0) is 12.8. The molecule has 0 atom stereocenters. The van der Waals surface area contributed by atoms with E-state index in [-0.39, 0.29) is 5.57 Å². The minimum atomic E-state index is -0.621. The molecule has 0 saturated carbocycles. The molecule has 1 aromatic carbocycles. The van der Waals surface area contributed by atoms with E-state index in [1.54, 1.807) is 0 Å². The third-order valence-electron chi connectivity index (χ3n) is 2.25. The van der Waals surface area contributed by atoms with Crippen LogP contribution in [-0.4, -0.2) is 27.2 Å². The van der Waals surface area contributed by atoms with Gasteiger partial charge in [-0.15, -0.1) is 0 Å². The number of rotatable bonds is 3. The third kappa shape index (κ3) is 3.35. The van der Waals surface area contributed by atoms with Crippen molar-refractivity contribution in [3.8, 4) is 6.07 Å². The highest BCUT2D eigenvalue weighted by Crippen LogP contribution is 2.14. The number of carbonyl (C=O) groups excluding carboxylic acids is 1. The van der Waals surface area contributed by atoms with Crippen molar-refractivity contribution in [1.29, 1.82) is 5.26 Å². The van der Waals surface area contributed by atoms with Gasteiger partial charge in [0.1, 0.15) is 11.6 Å². The molecule has 17 heavy (non-hydrogen) atoms. The zero-order valence-corrected chi connectivity index (χ0v) is 10.1. The Kier molecular flexibility index (Phi) is 4.29. The molecule has 0 aromatic heterocycles. The summed E-state index contributed by atoms with van der Waals surface area (Å²) in [5.74, 6) is -0.621. The van der Waals surface area contributed by atoms with Gasteiger partial charge in [0.25, 0.3) is 0 Å². The lowest BCUT2D eigenvalue weighted by molar-refractivity contribution is -0.135. The maximum Gasteiger partial charge on any atom is 0.348 e. The monoisotopic (exact) mass is 230 g/mol. The van der Waals surface area contributed by atoms with Crippen molar-refractivity contribution in [2.24, 2.45) is 0 Å². The van der Waals surface area contributed by atoms with Crippen molar-refractivity contribution in [1.82, 2.24) is 0 Å². The summed E-state index contributed by atoms with van der Waals surface area (Å²) >= 11 is 0. The summed E-state index contributed by atoms with van der Waals surface area (Å²) in [5.41, 5.74) is 1.83. The van der Waals surface area contributed by atoms with Crippen molar-refractivity contribution in [2.75, 3.05) is 26.1 Å². The van der Waals surface area contributed by atoms with Crippen LogP contribution in [0.1, 0.15) is 5.56 Å². The van der Waals surface area contributed by atoms with Gasteiger partial charge in [0.15, 0.2) is 0 Å². The predicted octanol–water partition coefficient (Wildman–Crippen LogP) is 1.83. The summed E-state index contributed by atoms with van der Waals surface area (Å²) in [6, 6.07) is 9.33. The molecule has 0 heterocycles. The second kappa shape index (κ2) is 5.71. The maximum atomic E-state index is 11.2. The molecule has 4 nitrogen and oxygen atoms in total. The number of nitriles is 1. The van der Waals surface area contributed by atoms with Crippen LogP contribution in [0.15, 0.2) is 29.8 Å². The Morgan fingerprint density at radius 3 is 2.35 bits per heavy atom. The summed E-state index contributed by atoms with van der Waals surface area (Å²) in [6.07, 6.45) is 1.51. The Hall–Kier alpha value is -2.28. The van der Waals surface area contributed by atoms with E-state index in [0.29, 0.717) is 0 Å². The van der Waals surface area contributed by atoms with E-state index >= 15 is 0 Å². The number of hydrogen-bond acceptors (Lipinski definition) is 4. The Morgan fingerprint density at radius 2 is 1.94 bits per heavy atom. The first-order valence-electron chi connectivity index (χ1n) is 5.06. The molecule has 88 valence electrons. The van der Waals surface area contributed by atoms with Gasteiger partial charge in [0.05, 0.1) is 7.11 Å². The molecule has 0 spiro atoms. The van der Waals surface area contributed by atoms with Gasteiger partial charge in [-0.2, -0.15) is 5.26 Å². The van der Waals surface area contributed by atoms with Crippen LogP contribution in [0.25, 0.3) is 6.08 Å². The Morgan fingerprint density at radius 1 is 1.35 bits per heavy atom. The molecule has 1 aromatic rings. The van der Waals surface area contributed by atoms with Gasteiger partial charge in [0, 0.05) is 19.8 Å². The molecule has 0 amide bonds. The quantitative estimate of drug-likeness (QED) is 0.451. The zero-order valence-electron chi connectivity index (χ0n) is 10.1. The molecule has 4 heteroatoms. The Bertz CT molecular complexity index is 467. The molecule has 0 saturated heterocycles. The molecule has 0 aliphatic rings. The van der Waals surface area contributed by atoms with Crippen LogP contribution in [0.4, 0.5) is 5.69 Å². The predicted molar refractivity (Wildman–Crippen MR) is 66.4 cm³/mol. The molecule has 0 N–H and O–H groups in total. The van der Waals surface area contributed by atoms with Crippen LogP contribution in [0, 0.1) is 11.3 Å². The number of benzene rings is 1. The largest absolute Gasteiger partial charge is 0.465 e. The lowest BCUT2D eigenvalue weighted by Gasteiger charge is -2.11. The fourth-order valence-corrected chi connectivity index (χ4v) is 1.28. The molecular weight excluding hydrogens is 216 g/mol. The first-order chi connectivity index (χ1) is 8.08. The van der Waals surface area contributed by atoms with Gasteiger partial charge < -0.3 is 9.64 Å². The van der Waals surface area contributed by atoms with Gasteiger partial charge in [-0.1, -0.05) is 12.1 Å². The van der Waals surface area contributed by atoms with Crippen molar-refractivity contribution in [3.05, 3.63) is 35.4 Å². The highest BCUT2D eigenvalue weighted by atomic mass is 16.5. The van der Waals surface area contributed by atoms with E-state index in [0.717, 1.165) is 11.3 Å². The first-order valence-corrected chi connectivity index (χ1v) is 5.06. The molecule has 0 bridgehead atoms. The standard InChI is InChI=1S/C13H14N2O2/c1-15(2)12-6-4-10(5-7-12)8-11(9-14)13(16)17-3/h4-8H,1-3H3/b11-8+. The molecule has 1 rings (SSSR count). The van der Waals surface area contributed by atoms with E-state index in [1.807, 2.05) is 49.3 Å². The van der Waals surface area contributed by atoms with E-state index in [9.17, 15) is 4.79 Å². The van der Waals surface area contributed by atoms with Gasteiger partial charge in [-0.05, 0) is 23.8 Å². The van der Waals surface area contributed by atoms with Crippen LogP contribution in [0.3, 0.4) is 0 Å². The molecule has 0 aliphatic heterocycles. The van der Waals surface area contributed by atoms with Crippen molar-refractivity contribution in [3.63, 3.8) is 0 Å². The Balaban J connectivity index is 2.98. The highest BCUT2D eigenvalue weighted by molar-refractivity contribution is 5.97. The van der Waals surface area contributed by atoms with Crippen LogP contribution >= 0.6 is 0 Å². The number of anilines is 1. The lowest BCUT2D eigenvalue weighted by Crippen LogP contribution is -2.08. The second-order valence-electron chi connectivity index (χ2n) is 3.65. The average Bonchev–Trinajstić information content (AvgIpc) is 2.35. The van der Waals surface area contributed by atoms with Gasteiger partial charge in [-0.25, -0.2) is 4.79 Å². The van der Waals surface area contributed by atoms with Crippen LogP contribution < -0.4 is 4.90 Å². The van der Waals surface area contributed by atoms with E-state index in [1.165, 1.54) is 13.2 Å². The lowest BCUT2D eigenvalue weighted by atomic mass is 10.1. The van der Waals surface area contributed by atoms with Gasteiger partial charge in [0.2, 0.25) is 0 Å². The van der Waals surface area contributed by atoms with E-state index in [4.69, 9.17) is 5.26 Å². The number of ether oxygens (including phenoxy) is 1. The van der Waals surface area contributed by atoms with Gasteiger partial charge >= 0.3 is 5.97 Å². The average molecular weight is 230 g/mol. The SMILES string of the molecule is COC(=O)/C(C#N)=C/c1ccc(N(C)C)cc1. The van der Waals surface area contributed by atoms with Crippen molar-refractivity contribution < 1.29 is 9.53 Å². The fraction of sp³-hybridized carbons (Fsp3) is 0.231. The number of hydrogen-bond donors (Lipinski definition) is 0. The molecule has 0 fully saturated rings. The minimum Gasteiger partial charge on any atom is -0.465 e. The molecular formula is C13H14N2O2. The summed E-state index contributed by atoms with van der Waals surface area (Å²) in [6.45, 7) is 0. The van der Waals surface area contributed by atoms with Crippen LogP contribution in [0.5, 0.6) is 0 Å². The summed E-state index contributed by atoms with van der Waals surface area (Å²) < 4.78 is 4.50. The summed E-state index contributed by atoms with van der Waals surface area (Å²) in [4.78, 5) is 13.2. The fourth-order valence-electron chi connectivity index (χ4n) is 1.28. The number of carbonyl (C=O) groups is 1. The first kappa shape index (κ1) is 12.8. The van der Waals surface area contributed by atoms with Crippen molar-refractivity contribution in [2.45, 2.75) is 0 Å². The highest BCUT2D eigenvalue weighted by Gasteiger charge is 2.08. The molecule has 0 unspecified atom stereocenters. The molecule has 0 radical (unpaired) electrons. The van der Waals surface area contributed by atoms with Crippen LogP contribution in [0.2, 0.25) is 0 Å². The maximum absolute atomic E-state index is 11.2. The normalized spacial score (nSPS) is 10.6. The molecule has 0 aliphatic carbocycles. The number of esters is 1. The summed E-state index contributed by atoms with van der Waals surface area (Å²) in [5, 5.41) is 8.80. The second-order valence-corrected chi connectivity index (χ2v) is 3.65. The number of nitrogens with zero attached hydrogens (tertiary/aromatic N) is 2. The van der Waals surface area contributed by atoms with Gasteiger partial charge in [-0.3, -0.25) is 0 Å². The third-order valence-corrected chi connectivity index (χ3v) is 2.25. The topological polar surface area (TPSA) is 53.3 Å². The minimum absolute atomic E-state index is 0.00916. The number of methoxy groups -OCH3 is 1. The smallest absolute Gasteiger partial charge is 0.348 e.